The van der Waals surface area contributed by atoms with Crippen LogP contribution in [0.2, 0.25) is 0 Å². The fourth-order valence-electron chi connectivity index (χ4n) is 3.77. The SMILES string of the molecule is Cc1cc(C)n(-c2ccc(COC(=O)C3CCN(S(=O)(=O)c4cccs4)CC3)cc2)n1. The Morgan fingerprint density at radius 1 is 1.16 bits per heavy atom. The lowest BCUT2D eigenvalue weighted by Gasteiger charge is -2.29. The molecule has 1 aliphatic rings. The molecule has 0 N–H and O–H groups in total. The number of benzene rings is 1. The fraction of sp³-hybridized carbons (Fsp3) is 0.364. The number of rotatable bonds is 6. The molecule has 0 spiro atoms. The van der Waals surface area contributed by atoms with Crippen molar-refractivity contribution in [2.75, 3.05) is 13.1 Å². The van der Waals surface area contributed by atoms with Gasteiger partial charge in [0.25, 0.3) is 10.0 Å². The molecule has 0 aliphatic carbocycles. The standard InChI is InChI=1S/C22H25N3O4S2/c1-16-14-17(2)25(23-16)20-7-5-18(6-8-20)15-29-22(26)19-9-11-24(12-10-19)31(27,28)21-4-3-13-30-21/h3-8,13-14,19H,9-12,15H2,1-2H3. The zero-order valence-electron chi connectivity index (χ0n) is 17.5. The molecule has 1 aromatic carbocycles. The predicted molar refractivity (Wildman–Crippen MR) is 119 cm³/mol. The molecule has 0 saturated carbocycles. The van der Waals surface area contributed by atoms with Crippen molar-refractivity contribution < 1.29 is 17.9 Å². The van der Waals surface area contributed by atoms with Crippen LogP contribution in [-0.4, -0.2) is 41.6 Å². The van der Waals surface area contributed by atoms with Gasteiger partial charge in [0.1, 0.15) is 10.8 Å². The topological polar surface area (TPSA) is 81.5 Å². The summed E-state index contributed by atoms with van der Waals surface area (Å²) in [6.45, 7) is 4.82. The monoisotopic (exact) mass is 459 g/mol. The van der Waals surface area contributed by atoms with Crippen LogP contribution in [0.3, 0.4) is 0 Å². The van der Waals surface area contributed by atoms with Crippen LogP contribution in [0.25, 0.3) is 5.69 Å². The van der Waals surface area contributed by atoms with Gasteiger partial charge in [0.15, 0.2) is 0 Å². The van der Waals surface area contributed by atoms with Gasteiger partial charge >= 0.3 is 5.97 Å². The molecule has 1 fully saturated rings. The van der Waals surface area contributed by atoms with Gasteiger partial charge in [-0.1, -0.05) is 18.2 Å². The van der Waals surface area contributed by atoms with Crippen molar-refractivity contribution in [2.24, 2.45) is 5.92 Å². The molecule has 1 saturated heterocycles. The van der Waals surface area contributed by atoms with Crippen molar-refractivity contribution in [3.63, 3.8) is 0 Å². The van der Waals surface area contributed by atoms with Crippen molar-refractivity contribution >= 4 is 27.3 Å². The van der Waals surface area contributed by atoms with E-state index in [1.807, 2.05) is 48.9 Å². The molecule has 1 aliphatic heterocycles. The van der Waals surface area contributed by atoms with Gasteiger partial charge in [0.05, 0.1) is 17.3 Å². The number of ether oxygens (including phenoxy) is 1. The van der Waals surface area contributed by atoms with Crippen LogP contribution in [-0.2, 0) is 26.2 Å². The third-order valence-electron chi connectivity index (χ3n) is 5.45. The van der Waals surface area contributed by atoms with Gasteiger partial charge < -0.3 is 4.74 Å². The Hall–Kier alpha value is -2.49. The molecule has 3 aromatic rings. The lowest BCUT2D eigenvalue weighted by Crippen LogP contribution is -2.40. The van der Waals surface area contributed by atoms with E-state index in [4.69, 9.17) is 4.74 Å². The number of aryl methyl sites for hydroxylation is 2. The molecule has 0 amide bonds. The molecule has 2 aromatic heterocycles. The predicted octanol–water partition coefficient (Wildman–Crippen LogP) is 3.69. The number of esters is 1. The van der Waals surface area contributed by atoms with Crippen LogP contribution in [0.1, 0.15) is 29.8 Å². The Balaban J connectivity index is 1.29. The largest absolute Gasteiger partial charge is 0.461 e. The average molecular weight is 460 g/mol. The summed E-state index contributed by atoms with van der Waals surface area (Å²) in [7, 11) is -3.46. The summed E-state index contributed by atoms with van der Waals surface area (Å²) in [6, 6.07) is 13.1. The van der Waals surface area contributed by atoms with Crippen molar-refractivity contribution in [2.45, 2.75) is 37.5 Å². The average Bonchev–Trinajstić information content (AvgIpc) is 3.43. The molecule has 7 nitrogen and oxygen atoms in total. The van der Waals surface area contributed by atoms with E-state index in [1.54, 1.807) is 17.5 Å². The summed E-state index contributed by atoms with van der Waals surface area (Å²) in [4.78, 5) is 12.5. The summed E-state index contributed by atoms with van der Waals surface area (Å²) in [5.74, 6) is -0.542. The minimum atomic E-state index is -3.46. The highest BCUT2D eigenvalue weighted by Gasteiger charge is 2.33. The molecule has 9 heteroatoms. The maximum Gasteiger partial charge on any atom is 0.309 e. The minimum absolute atomic E-state index is 0.198. The summed E-state index contributed by atoms with van der Waals surface area (Å²) < 4.78 is 34.4. The van der Waals surface area contributed by atoms with Gasteiger partial charge in [0.2, 0.25) is 0 Å². The molecular formula is C22H25N3O4S2. The van der Waals surface area contributed by atoms with Gasteiger partial charge in [-0.3, -0.25) is 4.79 Å². The van der Waals surface area contributed by atoms with Crippen LogP contribution in [0.15, 0.2) is 52.1 Å². The zero-order chi connectivity index (χ0) is 22.0. The Morgan fingerprint density at radius 2 is 1.87 bits per heavy atom. The van der Waals surface area contributed by atoms with Crippen LogP contribution in [0.4, 0.5) is 0 Å². The van der Waals surface area contributed by atoms with Crippen LogP contribution in [0.5, 0.6) is 0 Å². The number of aromatic nitrogens is 2. The maximum atomic E-state index is 12.6. The first kappa shape index (κ1) is 21.7. The quantitative estimate of drug-likeness (QED) is 0.525. The number of carbonyl (C=O) groups excluding carboxylic acids is 1. The summed E-state index contributed by atoms with van der Waals surface area (Å²) in [5, 5.41) is 6.22. The van der Waals surface area contributed by atoms with Crippen LogP contribution >= 0.6 is 11.3 Å². The minimum Gasteiger partial charge on any atom is -0.461 e. The molecule has 3 heterocycles. The van der Waals surface area contributed by atoms with Crippen molar-refractivity contribution in [3.8, 4) is 5.69 Å². The Bertz CT molecular complexity index is 1140. The van der Waals surface area contributed by atoms with Gasteiger partial charge in [0, 0.05) is 18.8 Å². The van der Waals surface area contributed by atoms with E-state index >= 15 is 0 Å². The molecule has 164 valence electrons. The first-order valence-corrected chi connectivity index (χ1v) is 12.5. The molecule has 31 heavy (non-hydrogen) atoms. The smallest absolute Gasteiger partial charge is 0.309 e. The molecular weight excluding hydrogens is 434 g/mol. The van der Waals surface area contributed by atoms with E-state index in [0.717, 1.165) is 22.6 Å². The van der Waals surface area contributed by atoms with Crippen LogP contribution in [0, 0.1) is 19.8 Å². The second kappa shape index (κ2) is 8.94. The summed E-state index contributed by atoms with van der Waals surface area (Å²) >= 11 is 1.21. The number of hydrogen-bond acceptors (Lipinski definition) is 6. The maximum absolute atomic E-state index is 12.6. The normalized spacial score (nSPS) is 15.8. The third-order valence-corrected chi connectivity index (χ3v) is 8.72. The van der Waals surface area contributed by atoms with Gasteiger partial charge in [-0.2, -0.15) is 9.40 Å². The third kappa shape index (κ3) is 4.73. The second-order valence-corrected chi connectivity index (χ2v) is 10.8. The van der Waals surface area contributed by atoms with Gasteiger partial charge in [-0.15, -0.1) is 11.3 Å². The number of nitrogens with zero attached hydrogens (tertiary/aromatic N) is 3. The highest BCUT2D eigenvalue weighted by atomic mass is 32.2. The molecule has 4 rings (SSSR count). The number of hydrogen-bond donors (Lipinski definition) is 0. The van der Waals surface area contributed by atoms with Gasteiger partial charge in [-0.05, 0) is 61.9 Å². The number of carbonyl (C=O) groups is 1. The van der Waals surface area contributed by atoms with Crippen molar-refractivity contribution in [1.29, 1.82) is 0 Å². The second-order valence-electron chi connectivity index (χ2n) is 7.72. The number of sulfonamides is 1. The Morgan fingerprint density at radius 3 is 2.45 bits per heavy atom. The van der Waals surface area contributed by atoms with E-state index in [1.165, 1.54) is 15.6 Å². The highest BCUT2D eigenvalue weighted by molar-refractivity contribution is 7.91. The first-order valence-electron chi connectivity index (χ1n) is 10.2. The van der Waals surface area contributed by atoms with E-state index < -0.39 is 10.0 Å². The van der Waals surface area contributed by atoms with E-state index in [-0.39, 0.29) is 18.5 Å². The first-order chi connectivity index (χ1) is 14.8. The molecule has 0 radical (unpaired) electrons. The summed E-state index contributed by atoms with van der Waals surface area (Å²) in [6.07, 6.45) is 0.945. The van der Waals surface area contributed by atoms with Crippen molar-refractivity contribution in [1.82, 2.24) is 14.1 Å². The van der Waals surface area contributed by atoms with Gasteiger partial charge in [-0.25, -0.2) is 13.1 Å². The van der Waals surface area contributed by atoms with Crippen molar-refractivity contribution in [3.05, 3.63) is 64.8 Å². The zero-order valence-corrected chi connectivity index (χ0v) is 19.2. The summed E-state index contributed by atoms with van der Waals surface area (Å²) in [5.41, 5.74) is 3.88. The van der Waals surface area contributed by atoms with E-state index in [9.17, 15) is 13.2 Å². The lowest BCUT2D eigenvalue weighted by molar-refractivity contribution is -0.151. The lowest BCUT2D eigenvalue weighted by atomic mass is 9.98. The Kier molecular flexibility index (Phi) is 6.27. The van der Waals surface area contributed by atoms with E-state index in [2.05, 4.69) is 5.10 Å². The molecule has 0 atom stereocenters. The molecule has 0 unspecified atom stereocenters. The Labute approximate surface area is 186 Å². The number of thiophene rings is 1. The van der Waals surface area contributed by atoms with Crippen LogP contribution < -0.4 is 0 Å². The number of piperidine rings is 1. The fourth-order valence-corrected chi connectivity index (χ4v) is 6.38. The van der Waals surface area contributed by atoms with E-state index in [0.29, 0.717) is 30.1 Å². The highest BCUT2D eigenvalue weighted by Crippen LogP contribution is 2.27. The molecule has 0 bridgehead atoms.